The predicted octanol–water partition coefficient (Wildman–Crippen LogP) is 5.36. The summed E-state index contributed by atoms with van der Waals surface area (Å²) in [6, 6.07) is 12.3. The number of pyridine rings is 1. The van der Waals surface area contributed by atoms with Crippen LogP contribution in [-0.2, 0) is 11.9 Å². The van der Waals surface area contributed by atoms with E-state index in [9.17, 15) is 18.0 Å². The number of aromatic nitrogens is 3. The third-order valence-electron chi connectivity index (χ3n) is 4.03. The van der Waals surface area contributed by atoms with Crippen molar-refractivity contribution in [1.29, 1.82) is 0 Å². The standard InChI is InChI=1S/C19H12F3N3OS2/c20-19(21,22)15-12(7-4-8-23-15)9-28-18-24-16(26)14-13(10-27-17(14)25-18)11-5-2-1-3-6-11/h1-8,10H,9H2,(H,24,25,26). The van der Waals surface area contributed by atoms with E-state index in [4.69, 9.17) is 0 Å². The molecule has 0 aliphatic heterocycles. The van der Waals surface area contributed by atoms with Crippen LogP contribution in [0.2, 0.25) is 0 Å². The summed E-state index contributed by atoms with van der Waals surface area (Å²) in [6.45, 7) is 0. The predicted molar refractivity (Wildman–Crippen MR) is 104 cm³/mol. The molecule has 1 aromatic carbocycles. The van der Waals surface area contributed by atoms with Crippen LogP contribution >= 0.6 is 23.1 Å². The Balaban J connectivity index is 1.65. The van der Waals surface area contributed by atoms with Gasteiger partial charge in [-0.2, -0.15) is 13.2 Å². The van der Waals surface area contributed by atoms with Crippen molar-refractivity contribution < 1.29 is 13.2 Å². The van der Waals surface area contributed by atoms with Crippen LogP contribution in [0.4, 0.5) is 13.2 Å². The molecule has 0 aliphatic carbocycles. The summed E-state index contributed by atoms with van der Waals surface area (Å²) in [5.74, 6) is -0.00591. The quantitative estimate of drug-likeness (QED) is 0.357. The van der Waals surface area contributed by atoms with Crippen LogP contribution in [0.25, 0.3) is 21.3 Å². The number of hydrogen-bond donors (Lipinski definition) is 1. The highest BCUT2D eigenvalue weighted by molar-refractivity contribution is 7.98. The molecule has 0 saturated heterocycles. The molecule has 3 aromatic heterocycles. The highest BCUT2D eigenvalue weighted by Crippen LogP contribution is 2.34. The number of thiophene rings is 1. The second kappa shape index (κ2) is 7.40. The van der Waals surface area contributed by atoms with Gasteiger partial charge in [0.25, 0.3) is 5.56 Å². The minimum atomic E-state index is -4.53. The summed E-state index contributed by atoms with van der Waals surface area (Å²) >= 11 is 2.37. The minimum absolute atomic E-state index is 0.00591. The van der Waals surface area contributed by atoms with Crippen molar-refractivity contribution in [2.45, 2.75) is 17.1 Å². The Morgan fingerprint density at radius 1 is 1.11 bits per heavy atom. The van der Waals surface area contributed by atoms with Gasteiger partial charge in [-0.3, -0.25) is 9.78 Å². The van der Waals surface area contributed by atoms with Crippen molar-refractivity contribution in [3.63, 3.8) is 0 Å². The molecular weight excluding hydrogens is 407 g/mol. The van der Waals surface area contributed by atoms with E-state index in [2.05, 4.69) is 15.0 Å². The zero-order valence-electron chi connectivity index (χ0n) is 14.2. The number of H-pyrrole nitrogens is 1. The first-order valence-electron chi connectivity index (χ1n) is 8.14. The summed E-state index contributed by atoms with van der Waals surface area (Å²) in [5.41, 5.74) is 0.506. The van der Waals surface area contributed by atoms with Gasteiger partial charge >= 0.3 is 6.18 Å². The molecule has 9 heteroatoms. The van der Waals surface area contributed by atoms with E-state index >= 15 is 0 Å². The van der Waals surface area contributed by atoms with E-state index < -0.39 is 11.9 Å². The number of aromatic amines is 1. The second-order valence-corrected chi connectivity index (χ2v) is 7.69. The molecule has 0 amide bonds. The van der Waals surface area contributed by atoms with E-state index in [1.54, 1.807) is 0 Å². The van der Waals surface area contributed by atoms with Crippen LogP contribution in [0.1, 0.15) is 11.3 Å². The number of hydrogen-bond acceptors (Lipinski definition) is 5. The molecule has 4 aromatic rings. The Labute approximate surface area is 165 Å². The topological polar surface area (TPSA) is 58.6 Å². The molecule has 0 atom stereocenters. The molecule has 0 spiro atoms. The Morgan fingerprint density at radius 3 is 2.64 bits per heavy atom. The van der Waals surface area contributed by atoms with Crippen LogP contribution < -0.4 is 5.56 Å². The zero-order chi connectivity index (χ0) is 19.7. The van der Waals surface area contributed by atoms with Crippen molar-refractivity contribution in [2.75, 3.05) is 0 Å². The second-order valence-electron chi connectivity index (χ2n) is 5.86. The highest BCUT2D eigenvalue weighted by atomic mass is 32.2. The van der Waals surface area contributed by atoms with Gasteiger partial charge in [0.15, 0.2) is 5.16 Å². The van der Waals surface area contributed by atoms with Crippen molar-refractivity contribution in [2.24, 2.45) is 0 Å². The van der Waals surface area contributed by atoms with Crippen molar-refractivity contribution in [1.82, 2.24) is 15.0 Å². The maximum absolute atomic E-state index is 13.1. The van der Waals surface area contributed by atoms with Gasteiger partial charge in [0.1, 0.15) is 10.5 Å². The van der Waals surface area contributed by atoms with E-state index in [0.29, 0.717) is 10.2 Å². The maximum Gasteiger partial charge on any atom is 0.433 e. The SMILES string of the molecule is O=c1[nH]c(SCc2cccnc2C(F)(F)F)nc2scc(-c3ccccc3)c12. The van der Waals surface area contributed by atoms with E-state index in [1.807, 2.05) is 35.7 Å². The summed E-state index contributed by atoms with van der Waals surface area (Å²) in [6.07, 6.45) is -3.42. The number of alkyl halides is 3. The molecule has 142 valence electrons. The lowest BCUT2D eigenvalue weighted by atomic mass is 10.1. The lowest BCUT2D eigenvalue weighted by molar-refractivity contribution is -0.141. The molecular formula is C19H12F3N3OS2. The molecule has 4 nitrogen and oxygen atoms in total. The number of thioether (sulfide) groups is 1. The summed E-state index contributed by atoms with van der Waals surface area (Å²) in [7, 11) is 0. The van der Waals surface area contributed by atoms with Gasteiger partial charge < -0.3 is 4.98 Å². The van der Waals surface area contributed by atoms with Crippen molar-refractivity contribution in [3.8, 4) is 11.1 Å². The van der Waals surface area contributed by atoms with Crippen LogP contribution in [0, 0.1) is 0 Å². The van der Waals surface area contributed by atoms with E-state index in [-0.39, 0.29) is 22.0 Å². The molecule has 1 N–H and O–H groups in total. The molecule has 0 radical (unpaired) electrons. The maximum atomic E-state index is 13.1. The Bertz CT molecular complexity index is 1190. The van der Waals surface area contributed by atoms with Crippen molar-refractivity contribution in [3.05, 3.63) is 75.7 Å². The average molecular weight is 419 g/mol. The fourth-order valence-electron chi connectivity index (χ4n) is 2.78. The first kappa shape index (κ1) is 18.7. The summed E-state index contributed by atoms with van der Waals surface area (Å²) < 4.78 is 39.2. The Kier molecular flexibility index (Phi) is 4.94. The Morgan fingerprint density at radius 2 is 1.89 bits per heavy atom. The van der Waals surface area contributed by atoms with Gasteiger partial charge in [-0.15, -0.1) is 11.3 Å². The largest absolute Gasteiger partial charge is 0.433 e. The molecule has 0 aliphatic rings. The smallest absolute Gasteiger partial charge is 0.301 e. The normalized spacial score (nSPS) is 11.8. The van der Waals surface area contributed by atoms with Gasteiger partial charge in [-0.1, -0.05) is 48.2 Å². The highest BCUT2D eigenvalue weighted by Gasteiger charge is 2.34. The fraction of sp³-hybridized carbons (Fsp3) is 0.105. The number of fused-ring (bicyclic) bond motifs is 1. The first-order chi connectivity index (χ1) is 13.4. The van der Waals surface area contributed by atoms with Crippen LogP contribution in [0.3, 0.4) is 0 Å². The molecule has 0 fully saturated rings. The van der Waals surface area contributed by atoms with Gasteiger partial charge in [0.2, 0.25) is 0 Å². The molecule has 4 rings (SSSR count). The van der Waals surface area contributed by atoms with Gasteiger partial charge in [-0.25, -0.2) is 4.98 Å². The number of halogens is 3. The number of benzene rings is 1. The minimum Gasteiger partial charge on any atom is -0.301 e. The third kappa shape index (κ3) is 3.67. The molecule has 0 unspecified atom stereocenters. The first-order valence-corrected chi connectivity index (χ1v) is 10.0. The van der Waals surface area contributed by atoms with Crippen LogP contribution in [0.5, 0.6) is 0 Å². The van der Waals surface area contributed by atoms with Gasteiger partial charge in [0.05, 0.1) is 5.39 Å². The zero-order valence-corrected chi connectivity index (χ0v) is 15.8. The molecule has 3 heterocycles. The summed E-state index contributed by atoms with van der Waals surface area (Å²) in [5, 5.41) is 2.62. The third-order valence-corrected chi connectivity index (χ3v) is 5.83. The van der Waals surface area contributed by atoms with Crippen LogP contribution in [0.15, 0.2) is 64.0 Å². The molecule has 0 bridgehead atoms. The average Bonchev–Trinajstić information content (AvgIpc) is 3.11. The lowest BCUT2D eigenvalue weighted by Gasteiger charge is -2.10. The lowest BCUT2D eigenvalue weighted by Crippen LogP contribution is -2.12. The summed E-state index contributed by atoms with van der Waals surface area (Å²) in [4.78, 5) is 23.7. The molecule has 28 heavy (non-hydrogen) atoms. The van der Waals surface area contributed by atoms with E-state index in [0.717, 1.165) is 29.1 Å². The Hall–Kier alpha value is -2.65. The number of nitrogens with zero attached hydrogens (tertiary/aromatic N) is 2. The number of rotatable bonds is 4. The van der Waals surface area contributed by atoms with Gasteiger partial charge in [0, 0.05) is 22.9 Å². The van der Waals surface area contributed by atoms with Gasteiger partial charge in [-0.05, 0) is 17.2 Å². The fourth-order valence-corrected chi connectivity index (χ4v) is 4.64. The monoisotopic (exact) mass is 419 g/mol. The van der Waals surface area contributed by atoms with E-state index in [1.165, 1.54) is 23.5 Å². The number of nitrogens with one attached hydrogen (secondary N) is 1. The van der Waals surface area contributed by atoms with Crippen molar-refractivity contribution >= 4 is 33.3 Å². The molecule has 0 saturated carbocycles. The van der Waals surface area contributed by atoms with Crippen LogP contribution in [-0.4, -0.2) is 15.0 Å².